The fraction of sp³-hybridized carbons (Fsp3) is 0.400. The zero-order chi connectivity index (χ0) is 9.42. The Hall–Kier alpha value is -1.38. The molecule has 0 N–H and O–H groups in total. The van der Waals surface area contributed by atoms with Crippen LogP contribution in [0.5, 0.6) is 0 Å². The van der Waals surface area contributed by atoms with Crippen molar-refractivity contribution >= 4 is 11.9 Å². The first-order valence-corrected chi connectivity index (χ1v) is 4.42. The fourth-order valence-electron chi connectivity index (χ4n) is 1.59. The summed E-state index contributed by atoms with van der Waals surface area (Å²) in [6.45, 7) is 2.05. The molecule has 0 radical (unpaired) electrons. The summed E-state index contributed by atoms with van der Waals surface area (Å²) in [5.74, 6) is 0.528. The number of allylic oxidation sites excluding steroid dienone is 1. The van der Waals surface area contributed by atoms with Crippen molar-refractivity contribution in [2.75, 3.05) is 0 Å². The van der Waals surface area contributed by atoms with E-state index in [-0.39, 0.29) is 5.78 Å². The molecule has 1 atom stereocenters. The van der Waals surface area contributed by atoms with Gasteiger partial charge in [0.25, 0.3) is 0 Å². The highest BCUT2D eigenvalue weighted by Gasteiger charge is 2.18. The summed E-state index contributed by atoms with van der Waals surface area (Å²) in [7, 11) is 1.85. The minimum absolute atomic E-state index is 0.195. The molecular formula is C10H12N2O. The van der Waals surface area contributed by atoms with Crippen molar-refractivity contribution in [3.63, 3.8) is 0 Å². The van der Waals surface area contributed by atoms with E-state index in [0.29, 0.717) is 12.3 Å². The third-order valence-electron chi connectivity index (χ3n) is 2.38. The second-order valence-corrected chi connectivity index (χ2v) is 3.53. The van der Waals surface area contributed by atoms with Crippen LogP contribution in [0.1, 0.15) is 29.4 Å². The topological polar surface area (TPSA) is 34.9 Å². The van der Waals surface area contributed by atoms with Gasteiger partial charge in [-0.1, -0.05) is 13.0 Å². The zero-order valence-corrected chi connectivity index (χ0v) is 7.82. The highest BCUT2D eigenvalue weighted by molar-refractivity contribution is 5.99. The van der Waals surface area contributed by atoms with Crippen LogP contribution in [0.15, 0.2) is 12.3 Å². The van der Waals surface area contributed by atoms with E-state index in [1.54, 1.807) is 10.9 Å². The monoisotopic (exact) mass is 176 g/mol. The first-order valence-electron chi connectivity index (χ1n) is 4.42. The van der Waals surface area contributed by atoms with E-state index in [1.165, 1.54) is 0 Å². The number of nitrogens with zero attached hydrogens (tertiary/aromatic N) is 2. The molecule has 1 aliphatic carbocycles. The third-order valence-corrected chi connectivity index (χ3v) is 2.38. The molecule has 2 rings (SSSR count). The number of carbonyl (C=O) groups excluding carboxylic acids is 1. The summed E-state index contributed by atoms with van der Waals surface area (Å²) >= 11 is 0. The minimum atomic E-state index is 0.195. The molecule has 1 heterocycles. The summed E-state index contributed by atoms with van der Waals surface area (Å²) in [4.78, 5) is 11.6. The highest BCUT2D eigenvalue weighted by Crippen LogP contribution is 2.20. The van der Waals surface area contributed by atoms with Crippen LogP contribution >= 0.6 is 0 Å². The molecule has 0 aromatic carbocycles. The van der Waals surface area contributed by atoms with Gasteiger partial charge in [-0.3, -0.25) is 9.48 Å². The van der Waals surface area contributed by atoms with Crippen molar-refractivity contribution in [3.8, 4) is 0 Å². The maximum Gasteiger partial charge on any atom is 0.167 e. The van der Waals surface area contributed by atoms with E-state index in [1.807, 2.05) is 20.0 Å². The molecule has 0 amide bonds. The normalized spacial score (nSPS) is 21.4. The molecule has 13 heavy (non-hydrogen) atoms. The number of fused-ring (bicyclic) bond motifs is 1. The van der Waals surface area contributed by atoms with E-state index >= 15 is 0 Å². The van der Waals surface area contributed by atoms with Gasteiger partial charge in [0, 0.05) is 13.5 Å². The summed E-state index contributed by atoms with van der Waals surface area (Å²) in [5.41, 5.74) is 1.68. The van der Waals surface area contributed by atoms with Crippen LogP contribution in [0.3, 0.4) is 0 Å². The molecule has 0 bridgehead atoms. The fourth-order valence-corrected chi connectivity index (χ4v) is 1.59. The number of rotatable bonds is 0. The molecule has 1 aromatic rings. The summed E-state index contributed by atoms with van der Waals surface area (Å²) in [5, 5.41) is 4.06. The van der Waals surface area contributed by atoms with Crippen molar-refractivity contribution in [2.24, 2.45) is 13.0 Å². The molecule has 68 valence electrons. The van der Waals surface area contributed by atoms with E-state index in [9.17, 15) is 4.79 Å². The molecule has 0 fully saturated rings. The van der Waals surface area contributed by atoms with Crippen LogP contribution in [0.4, 0.5) is 0 Å². The van der Waals surface area contributed by atoms with E-state index in [2.05, 4.69) is 11.2 Å². The number of hydrogen-bond acceptors (Lipinski definition) is 2. The quantitative estimate of drug-likeness (QED) is 0.602. The lowest BCUT2D eigenvalue weighted by Gasteiger charge is -1.99. The van der Waals surface area contributed by atoms with Crippen molar-refractivity contribution in [2.45, 2.75) is 13.3 Å². The number of aromatic nitrogens is 2. The smallest absolute Gasteiger partial charge is 0.167 e. The van der Waals surface area contributed by atoms with Crippen LogP contribution in [0.2, 0.25) is 0 Å². The second kappa shape index (κ2) is 2.83. The number of carbonyl (C=O) groups is 1. The second-order valence-electron chi connectivity index (χ2n) is 3.53. The Morgan fingerprint density at radius 1 is 1.62 bits per heavy atom. The molecule has 1 unspecified atom stereocenters. The molecule has 0 aliphatic heterocycles. The maximum absolute atomic E-state index is 11.6. The summed E-state index contributed by atoms with van der Waals surface area (Å²) in [6.07, 6.45) is 6.29. The Labute approximate surface area is 77.1 Å². The van der Waals surface area contributed by atoms with Crippen molar-refractivity contribution < 1.29 is 4.79 Å². The highest BCUT2D eigenvalue weighted by atomic mass is 16.1. The van der Waals surface area contributed by atoms with Gasteiger partial charge >= 0.3 is 0 Å². The third kappa shape index (κ3) is 1.30. The summed E-state index contributed by atoms with van der Waals surface area (Å²) < 4.78 is 1.74. The number of aryl methyl sites for hydroxylation is 1. The summed E-state index contributed by atoms with van der Waals surface area (Å²) in [6, 6.07) is 0. The Kier molecular flexibility index (Phi) is 1.79. The van der Waals surface area contributed by atoms with Crippen LogP contribution < -0.4 is 0 Å². The first kappa shape index (κ1) is 8.23. The Morgan fingerprint density at radius 3 is 3.15 bits per heavy atom. The lowest BCUT2D eigenvalue weighted by Crippen LogP contribution is -2.02. The van der Waals surface area contributed by atoms with Gasteiger partial charge in [0.15, 0.2) is 5.78 Å². The van der Waals surface area contributed by atoms with Gasteiger partial charge in [0.1, 0.15) is 0 Å². The number of ketones is 1. The number of Topliss-reactive ketones (excluding diaryl/α,β-unsaturated/α-hetero) is 1. The Bertz CT molecular complexity index is 376. The lowest BCUT2D eigenvalue weighted by molar-refractivity contribution is 0.0972. The maximum atomic E-state index is 11.6. The average molecular weight is 176 g/mol. The standard InChI is InChI=1S/C10H12N2O/c1-7-3-4-9-8(10(13)5-7)6-11-12(9)2/h3-4,6-7H,5H2,1-2H3. The molecular weight excluding hydrogens is 164 g/mol. The molecule has 1 aliphatic rings. The lowest BCUT2D eigenvalue weighted by atomic mass is 10.0. The van der Waals surface area contributed by atoms with Crippen LogP contribution in [0.25, 0.3) is 6.08 Å². The first-order chi connectivity index (χ1) is 6.18. The van der Waals surface area contributed by atoms with Gasteiger partial charge in [0.05, 0.1) is 17.5 Å². The van der Waals surface area contributed by atoms with Gasteiger partial charge in [-0.2, -0.15) is 5.10 Å². The Balaban J connectivity index is 2.54. The van der Waals surface area contributed by atoms with Gasteiger partial charge in [0.2, 0.25) is 0 Å². The van der Waals surface area contributed by atoms with E-state index < -0.39 is 0 Å². The van der Waals surface area contributed by atoms with Crippen LogP contribution in [-0.2, 0) is 7.05 Å². The van der Waals surface area contributed by atoms with Gasteiger partial charge in [-0.15, -0.1) is 0 Å². The predicted octanol–water partition coefficient (Wildman–Crippen LogP) is 1.66. The molecule has 3 nitrogen and oxygen atoms in total. The molecule has 1 aromatic heterocycles. The van der Waals surface area contributed by atoms with Crippen molar-refractivity contribution in [3.05, 3.63) is 23.5 Å². The van der Waals surface area contributed by atoms with Crippen molar-refractivity contribution in [1.29, 1.82) is 0 Å². The number of hydrogen-bond donors (Lipinski definition) is 0. The van der Waals surface area contributed by atoms with Gasteiger partial charge in [-0.25, -0.2) is 0 Å². The molecule has 0 spiro atoms. The average Bonchev–Trinajstić information content (AvgIpc) is 2.36. The Morgan fingerprint density at radius 2 is 2.38 bits per heavy atom. The molecule has 0 saturated carbocycles. The van der Waals surface area contributed by atoms with Gasteiger partial charge in [-0.05, 0) is 12.0 Å². The van der Waals surface area contributed by atoms with Crippen molar-refractivity contribution in [1.82, 2.24) is 9.78 Å². The SMILES string of the molecule is CC1C=Cc2c(cnn2C)C(=O)C1. The molecule has 0 saturated heterocycles. The zero-order valence-electron chi connectivity index (χ0n) is 7.82. The van der Waals surface area contributed by atoms with Crippen LogP contribution in [0, 0.1) is 5.92 Å². The molecule has 3 heteroatoms. The predicted molar refractivity (Wildman–Crippen MR) is 50.4 cm³/mol. The van der Waals surface area contributed by atoms with Crippen LogP contribution in [-0.4, -0.2) is 15.6 Å². The van der Waals surface area contributed by atoms with E-state index in [4.69, 9.17) is 0 Å². The van der Waals surface area contributed by atoms with E-state index in [0.717, 1.165) is 11.3 Å². The largest absolute Gasteiger partial charge is 0.294 e. The minimum Gasteiger partial charge on any atom is -0.294 e. The van der Waals surface area contributed by atoms with Gasteiger partial charge < -0.3 is 0 Å².